The van der Waals surface area contributed by atoms with Crippen LogP contribution < -0.4 is 5.32 Å². The lowest BCUT2D eigenvalue weighted by Gasteiger charge is -2.35. The number of ether oxygens (including phenoxy) is 1. The molecule has 0 spiro atoms. The number of likely N-dealkylation sites (tertiary alicyclic amines) is 1. The third-order valence-electron chi connectivity index (χ3n) is 4.83. The van der Waals surface area contributed by atoms with E-state index in [2.05, 4.69) is 12.2 Å². The summed E-state index contributed by atoms with van der Waals surface area (Å²) in [6.45, 7) is 7.06. The van der Waals surface area contributed by atoms with Gasteiger partial charge in [-0.2, -0.15) is 0 Å². The number of nitrogens with one attached hydrogen (secondary N) is 1. The van der Waals surface area contributed by atoms with Crippen molar-refractivity contribution in [2.45, 2.75) is 51.7 Å². The fourth-order valence-corrected chi connectivity index (χ4v) is 3.20. The van der Waals surface area contributed by atoms with Gasteiger partial charge in [0.15, 0.2) is 0 Å². The maximum absolute atomic E-state index is 12.2. The molecular weight excluding hydrogens is 256 g/mol. The maximum Gasteiger partial charge on any atom is 0.317 e. The molecule has 2 N–H and O–H groups in total. The van der Waals surface area contributed by atoms with Crippen LogP contribution in [0.3, 0.4) is 0 Å². The van der Waals surface area contributed by atoms with E-state index in [-0.39, 0.29) is 18.2 Å². The number of hydrogen-bond donors (Lipinski definition) is 2. The molecule has 2 fully saturated rings. The molecule has 2 heterocycles. The molecule has 0 aromatic rings. The highest BCUT2D eigenvalue weighted by Gasteiger charge is 2.27. The van der Waals surface area contributed by atoms with Crippen LogP contribution in [-0.2, 0) is 4.74 Å². The first-order valence-electron chi connectivity index (χ1n) is 7.89. The maximum atomic E-state index is 12.2. The molecule has 2 unspecified atom stereocenters. The number of amides is 2. The molecule has 0 saturated carbocycles. The summed E-state index contributed by atoms with van der Waals surface area (Å²) in [6.07, 6.45) is 3.60. The molecule has 20 heavy (non-hydrogen) atoms. The smallest absolute Gasteiger partial charge is 0.317 e. The van der Waals surface area contributed by atoms with Crippen molar-refractivity contribution in [3.8, 4) is 0 Å². The normalized spacial score (nSPS) is 25.2. The lowest BCUT2D eigenvalue weighted by molar-refractivity contribution is 0.0545. The highest BCUT2D eigenvalue weighted by molar-refractivity contribution is 5.74. The Morgan fingerprint density at radius 2 is 1.75 bits per heavy atom. The quantitative estimate of drug-likeness (QED) is 0.827. The SMILES string of the molecule is CC(O)C1CCN(C(=O)NC(C)C2CCOCC2)CC1. The number of carbonyl (C=O) groups is 1. The van der Waals surface area contributed by atoms with E-state index in [0.717, 1.165) is 52.0 Å². The number of hydrogen-bond acceptors (Lipinski definition) is 3. The highest BCUT2D eigenvalue weighted by atomic mass is 16.5. The van der Waals surface area contributed by atoms with E-state index in [1.165, 1.54) is 0 Å². The number of aliphatic hydroxyl groups excluding tert-OH is 1. The zero-order valence-electron chi connectivity index (χ0n) is 12.7. The second-order valence-electron chi connectivity index (χ2n) is 6.25. The first-order valence-corrected chi connectivity index (χ1v) is 7.89. The lowest BCUT2D eigenvalue weighted by atomic mass is 9.92. The first-order chi connectivity index (χ1) is 9.58. The molecule has 0 aromatic heterocycles. The molecule has 0 radical (unpaired) electrons. The topological polar surface area (TPSA) is 61.8 Å². The van der Waals surface area contributed by atoms with Gasteiger partial charge >= 0.3 is 6.03 Å². The van der Waals surface area contributed by atoms with Gasteiger partial charge < -0.3 is 20.1 Å². The van der Waals surface area contributed by atoms with Crippen LogP contribution in [-0.4, -0.2) is 54.5 Å². The van der Waals surface area contributed by atoms with Crippen molar-refractivity contribution in [1.29, 1.82) is 0 Å². The molecular formula is C15H28N2O3. The molecule has 0 aromatic carbocycles. The average molecular weight is 284 g/mol. The number of aliphatic hydroxyl groups is 1. The van der Waals surface area contributed by atoms with Crippen molar-refractivity contribution >= 4 is 6.03 Å². The third-order valence-corrected chi connectivity index (χ3v) is 4.83. The van der Waals surface area contributed by atoms with Crippen molar-refractivity contribution in [3.05, 3.63) is 0 Å². The predicted octanol–water partition coefficient (Wildman–Crippen LogP) is 1.60. The average Bonchev–Trinajstić information content (AvgIpc) is 2.48. The molecule has 2 amide bonds. The minimum atomic E-state index is -0.263. The molecule has 0 bridgehead atoms. The van der Waals surface area contributed by atoms with Crippen LogP contribution in [0.2, 0.25) is 0 Å². The van der Waals surface area contributed by atoms with E-state index in [4.69, 9.17) is 4.74 Å². The van der Waals surface area contributed by atoms with Crippen molar-refractivity contribution in [1.82, 2.24) is 10.2 Å². The molecule has 2 aliphatic rings. The number of rotatable bonds is 3. The Labute approximate surface area is 121 Å². The Bertz CT molecular complexity index is 308. The Balaban J connectivity index is 1.74. The van der Waals surface area contributed by atoms with Crippen LogP contribution in [0.1, 0.15) is 39.5 Å². The predicted molar refractivity (Wildman–Crippen MR) is 77.5 cm³/mol. The number of nitrogens with zero attached hydrogens (tertiary/aromatic N) is 1. The Kier molecular flexibility index (Phi) is 5.66. The Hall–Kier alpha value is -0.810. The van der Waals surface area contributed by atoms with E-state index < -0.39 is 0 Å². The molecule has 5 nitrogen and oxygen atoms in total. The molecule has 2 saturated heterocycles. The molecule has 2 rings (SSSR count). The van der Waals surface area contributed by atoms with Crippen molar-refractivity contribution in [3.63, 3.8) is 0 Å². The fourth-order valence-electron chi connectivity index (χ4n) is 3.20. The zero-order valence-corrected chi connectivity index (χ0v) is 12.7. The summed E-state index contributed by atoms with van der Waals surface area (Å²) in [6, 6.07) is 0.258. The Morgan fingerprint density at radius 1 is 1.15 bits per heavy atom. The monoisotopic (exact) mass is 284 g/mol. The van der Waals surface area contributed by atoms with Gasteiger partial charge in [0, 0.05) is 32.3 Å². The number of urea groups is 1. The third kappa shape index (κ3) is 4.09. The summed E-state index contributed by atoms with van der Waals surface area (Å²) in [5, 5.41) is 12.7. The van der Waals surface area contributed by atoms with Crippen LogP contribution in [0.5, 0.6) is 0 Å². The van der Waals surface area contributed by atoms with Crippen LogP contribution in [0.4, 0.5) is 4.79 Å². The summed E-state index contributed by atoms with van der Waals surface area (Å²) >= 11 is 0. The minimum Gasteiger partial charge on any atom is -0.393 e. The van der Waals surface area contributed by atoms with Crippen molar-refractivity contribution in [2.24, 2.45) is 11.8 Å². The lowest BCUT2D eigenvalue weighted by Crippen LogP contribution is -2.50. The summed E-state index contributed by atoms with van der Waals surface area (Å²) in [7, 11) is 0. The van der Waals surface area contributed by atoms with Gasteiger partial charge in [0.25, 0.3) is 0 Å². The largest absolute Gasteiger partial charge is 0.393 e. The molecule has 2 aliphatic heterocycles. The van der Waals surface area contributed by atoms with Gasteiger partial charge in [0.1, 0.15) is 0 Å². The van der Waals surface area contributed by atoms with Crippen LogP contribution in [0.25, 0.3) is 0 Å². The highest BCUT2D eigenvalue weighted by Crippen LogP contribution is 2.22. The van der Waals surface area contributed by atoms with Crippen LogP contribution in [0, 0.1) is 11.8 Å². The van der Waals surface area contributed by atoms with Gasteiger partial charge in [-0.15, -0.1) is 0 Å². The van der Waals surface area contributed by atoms with Gasteiger partial charge in [-0.3, -0.25) is 0 Å². The number of piperidine rings is 1. The van der Waals surface area contributed by atoms with Crippen LogP contribution in [0.15, 0.2) is 0 Å². The van der Waals surface area contributed by atoms with Crippen molar-refractivity contribution < 1.29 is 14.6 Å². The van der Waals surface area contributed by atoms with E-state index in [1.807, 2.05) is 11.8 Å². The van der Waals surface area contributed by atoms with E-state index in [9.17, 15) is 9.90 Å². The van der Waals surface area contributed by atoms with E-state index >= 15 is 0 Å². The summed E-state index contributed by atoms with van der Waals surface area (Å²) in [5.74, 6) is 0.870. The minimum absolute atomic E-state index is 0.0491. The summed E-state index contributed by atoms with van der Waals surface area (Å²) in [4.78, 5) is 14.1. The second-order valence-corrected chi connectivity index (χ2v) is 6.25. The first kappa shape index (κ1) is 15.6. The van der Waals surface area contributed by atoms with E-state index in [1.54, 1.807) is 0 Å². The second kappa shape index (κ2) is 7.27. The van der Waals surface area contributed by atoms with Crippen LogP contribution >= 0.6 is 0 Å². The molecule has 116 valence electrons. The fraction of sp³-hybridized carbons (Fsp3) is 0.933. The number of carbonyl (C=O) groups excluding carboxylic acids is 1. The molecule has 0 aliphatic carbocycles. The Morgan fingerprint density at radius 3 is 2.30 bits per heavy atom. The zero-order chi connectivity index (χ0) is 14.5. The standard InChI is InChI=1S/C15H28N2O3/c1-11(13-5-9-20-10-6-13)16-15(19)17-7-3-14(4-8-17)12(2)18/h11-14,18H,3-10H2,1-2H3,(H,16,19). The summed E-state index contributed by atoms with van der Waals surface area (Å²) in [5.41, 5.74) is 0. The summed E-state index contributed by atoms with van der Waals surface area (Å²) < 4.78 is 5.36. The van der Waals surface area contributed by atoms with Gasteiger partial charge in [0.2, 0.25) is 0 Å². The van der Waals surface area contributed by atoms with Gasteiger partial charge in [0.05, 0.1) is 6.10 Å². The van der Waals surface area contributed by atoms with Crippen molar-refractivity contribution in [2.75, 3.05) is 26.3 Å². The van der Waals surface area contributed by atoms with Gasteiger partial charge in [-0.25, -0.2) is 4.79 Å². The van der Waals surface area contributed by atoms with E-state index in [0.29, 0.717) is 11.8 Å². The van der Waals surface area contributed by atoms with Gasteiger partial charge in [-0.1, -0.05) is 0 Å². The van der Waals surface area contributed by atoms with Gasteiger partial charge in [-0.05, 0) is 51.4 Å². The molecule has 5 heteroatoms. The molecule has 2 atom stereocenters.